The minimum Gasteiger partial charge on any atom is -0.481 e. The molecule has 2 bridgehead atoms. The maximum Gasteiger partial charge on any atom is 0.309 e. The van der Waals surface area contributed by atoms with Gasteiger partial charge in [-0.1, -0.05) is 0 Å². The van der Waals surface area contributed by atoms with Crippen LogP contribution in [0.25, 0.3) is 0 Å². The Morgan fingerprint density at radius 3 is 2.85 bits per heavy atom. The first-order chi connectivity index (χ1) is 6.24. The van der Waals surface area contributed by atoms with Gasteiger partial charge in [-0.3, -0.25) is 4.79 Å². The van der Waals surface area contributed by atoms with Gasteiger partial charge in [-0.2, -0.15) is 0 Å². The van der Waals surface area contributed by atoms with E-state index in [1.165, 1.54) is 0 Å². The molecular formula is C9H14O4. The van der Waals surface area contributed by atoms with Gasteiger partial charge in [0.2, 0.25) is 0 Å². The Kier molecular flexibility index (Phi) is 2.26. The number of hydrogen-bond acceptors (Lipinski definition) is 3. The van der Waals surface area contributed by atoms with Crippen LogP contribution in [0.4, 0.5) is 0 Å². The van der Waals surface area contributed by atoms with Crippen molar-refractivity contribution in [2.24, 2.45) is 11.8 Å². The summed E-state index contributed by atoms with van der Waals surface area (Å²) in [7, 11) is 1.60. The SMILES string of the molecule is COCC1C2CCC(O2)C1C(=O)O. The van der Waals surface area contributed by atoms with Gasteiger partial charge in [0, 0.05) is 13.0 Å². The average molecular weight is 186 g/mol. The number of carboxylic acid groups (broad SMARTS) is 1. The first-order valence-electron chi connectivity index (χ1n) is 4.61. The van der Waals surface area contributed by atoms with Gasteiger partial charge < -0.3 is 14.6 Å². The fourth-order valence-corrected chi connectivity index (χ4v) is 2.52. The molecular weight excluding hydrogens is 172 g/mol. The number of ether oxygens (including phenoxy) is 2. The molecule has 74 valence electrons. The highest BCUT2D eigenvalue weighted by Gasteiger charge is 2.52. The second-order valence-electron chi connectivity index (χ2n) is 3.77. The van der Waals surface area contributed by atoms with E-state index in [0.29, 0.717) is 6.61 Å². The Bertz CT molecular complexity index is 216. The minimum atomic E-state index is -0.741. The molecule has 4 unspecified atom stereocenters. The molecule has 0 aromatic rings. The Morgan fingerprint density at radius 1 is 1.54 bits per heavy atom. The van der Waals surface area contributed by atoms with Crippen LogP contribution in [0, 0.1) is 11.8 Å². The standard InChI is InChI=1S/C9H14O4/c1-12-4-5-6-2-3-7(13-6)8(5)9(10)11/h5-8H,2-4H2,1H3,(H,10,11). The van der Waals surface area contributed by atoms with Crippen LogP contribution in [0.1, 0.15) is 12.8 Å². The molecule has 0 amide bonds. The molecule has 0 spiro atoms. The molecule has 0 aromatic carbocycles. The molecule has 2 aliphatic heterocycles. The molecule has 2 heterocycles. The highest BCUT2D eigenvalue weighted by Crippen LogP contribution is 2.43. The lowest BCUT2D eigenvalue weighted by molar-refractivity contribution is -0.145. The number of carbonyl (C=O) groups is 1. The fraction of sp³-hybridized carbons (Fsp3) is 0.889. The van der Waals surface area contributed by atoms with Gasteiger partial charge in [0.1, 0.15) is 0 Å². The molecule has 0 aliphatic carbocycles. The maximum absolute atomic E-state index is 10.9. The van der Waals surface area contributed by atoms with E-state index < -0.39 is 5.97 Å². The predicted octanol–water partition coefficient (Wildman–Crippen LogP) is 0.511. The van der Waals surface area contributed by atoms with Crippen LogP contribution in [0.15, 0.2) is 0 Å². The zero-order valence-corrected chi connectivity index (χ0v) is 7.60. The highest BCUT2D eigenvalue weighted by molar-refractivity contribution is 5.72. The number of carboxylic acids is 1. The molecule has 2 saturated heterocycles. The Morgan fingerprint density at radius 2 is 2.23 bits per heavy atom. The van der Waals surface area contributed by atoms with Crippen LogP contribution in [0.5, 0.6) is 0 Å². The molecule has 1 N–H and O–H groups in total. The average Bonchev–Trinajstić information content (AvgIpc) is 2.63. The summed E-state index contributed by atoms with van der Waals surface area (Å²) < 4.78 is 10.6. The predicted molar refractivity (Wildman–Crippen MR) is 44.4 cm³/mol. The van der Waals surface area contributed by atoms with Crippen molar-refractivity contribution in [3.05, 3.63) is 0 Å². The summed E-state index contributed by atoms with van der Waals surface area (Å²) in [6, 6.07) is 0. The normalized spacial score (nSPS) is 42.5. The zero-order chi connectivity index (χ0) is 9.42. The Labute approximate surface area is 76.8 Å². The molecule has 0 saturated carbocycles. The molecule has 4 atom stereocenters. The maximum atomic E-state index is 10.9. The van der Waals surface area contributed by atoms with Gasteiger partial charge >= 0.3 is 5.97 Å². The number of fused-ring (bicyclic) bond motifs is 2. The van der Waals surface area contributed by atoms with E-state index in [2.05, 4.69) is 0 Å². The summed E-state index contributed by atoms with van der Waals surface area (Å²) in [4.78, 5) is 10.9. The van der Waals surface area contributed by atoms with Crippen LogP contribution >= 0.6 is 0 Å². The molecule has 0 aromatic heterocycles. The molecule has 2 fully saturated rings. The van der Waals surface area contributed by atoms with Crippen molar-refractivity contribution in [1.29, 1.82) is 0 Å². The Hall–Kier alpha value is -0.610. The van der Waals surface area contributed by atoms with Crippen LogP contribution in [0.2, 0.25) is 0 Å². The third-order valence-corrected chi connectivity index (χ3v) is 3.07. The smallest absolute Gasteiger partial charge is 0.309 e. The fourth-order valence-electron chi connectivity index (χ4n) is 2.52. The van der Waals surface area contributed by atoms with E-state index >= 15 is 0 Å². The lowest BCUT2D eigenvalue weighted by Gasteiger charge is -2.23. The summed E-state index contributed by atoms with van der Waals surface area (Å²) >= 11 is 0. The third kappa shape index (κ3) is 1.34. The van der Waals surface area contributed by atoms with Crippen molar-refractivity contribution in [2.45, 2.75) is 25.0 Å². The van der Waals surface area contributed by atoms with E-state index in [4.69, 9.17) is 14.6 Å². The van der Waals surface area contributed by atoms with E-state index in [1.807, 2.05) is 0 Å². The van der Waals surface area contributed by atoms with Crippen molar-refractivity contribution in [3.63, 3.8) is 0 Å². The molecule has 4 nitrogen and oxygen atoms in total. The molecule has 13 heavy (non-hydrogen) atoms. The van der Waals surface area contributed by atoms with Gasteiger partial charge in [0.15, 0.2) is 0 Å². The van der Waals surface area contributed by atoms with E-state index in [1.54, 1.807) is 7.11 Å². The minimum absolute atomic E-state index is 0.0567. The largest absolute Gasteiger partial charge is 0.481 e. The van der Waals surface area contributed by atoms with E-state index in [0.717, 1.165) is 12.8 Å². The third-order valence-electron chi connectivity index (χ3n) is 3.07. The van der Waals surface area contributed by atoms with Crippen LogP contribution in [-0.4, -0.2) is 37.0 Å². The molecule has 0 radical (unpaired) electrons. The summed E-state index contributed by atoms with van der Waals surface area (Å²) in [5, 5.41) is 9.00. The highest BCUT2D eigenvalue weighted by atomic mass is 16.5. The van der Waals surface area contributed by atoms with Crippen molar-refractivity contribution < 1.29 is 19.4 Å². The summed E-state index contributed by atoms with van der Waals surface area (Å²) in [6.07, 6.45) is 1.93. The molecule has 2 aliphatic rings. The van der Waals surface area contributed by atoms with E-state index in [-0.39, 0.29) is 24.0 Å². The molecule has 4 heteroatoms. The van der Waals surface area contributed by atoms with E-state index in [9.17, 15) is 4.79 Å². The van der Waals surface area contributed by atoms with Crippen molar-refractivity contribution >= 4 is 5.97 Å². The van der Waals surface area contributed by atoms with Crippen molar-refractivity contribution in [1.82, 2.24) is 0 Å². The van der Waals surface area contributed by atoms with Crippen LogP contribution in [0.3, 0.4) is 0 Å². The Balaban J connectivity index is 2.10. The number of rotatable bonds is 3. The van der Waals surface area contributed by atoms with Gasteiger partial charge in [0.25, 0.3) is 0 Å². The monoisotopic (exact) mass is 186 g/mol. The van der Waals surface area contributed by atoms with Gasteiger partial charge in [-0.05, 0) is 12.8 Å². The van der Waals surface area contributed by atoms with Gasteiger partial charge in [-0.15, -0.1) is 0 Å². The van der Waals surface area contributed by atoms with Crippen molar-refractivity contribution in [3.8, 4) is 0 Å². The lowest BCUT2D eigenvalue weighted by atomic mass is 9.80. The summed E-state index contributed by atoms with van der Waals surface area (Å²) in [6.45, 7) is 0.498. The number of hydrogen-bond donors (Lipinski definition) is 1. The first-order valence-corrected chi connectivity index (χ1v) is 4.61. The number of aliphatic carboxylic acids is 1. The van der Waals surface area contributed by atoms with Gasteiger partial charge in [0.05, 0.1) is 24.7 Å². The zero-order valence-electron chi connectivity index (χ0n) is 7.60. The first kappa shape index (κ1) is 8.97. The van der Waals surface area contributed by atoms with Crippen molar-refractivity contribution in [2.75, 3.05) is 13.7 Å². The lowest BCUT2D eigenvalue weighted by Crippen LogP contribution is -2.35. The molecule has 2 rings (SSSR count). The number of methoxy groups -OCH3 is 1. The van der Waals surface area contributed by atoms with Crippen LogP contribution in [-0.2, 0) is 14.3 Å². The van der Waals surface area contributed by atoms with Gasteiger partial charge in [-0.25, -0.2) is 0 Å². The topological polar surface area (TPSA) is 55.8 Å². The second kappa shape index (κ2) is 3.27. The summed E-state index contributed by atoms with van der Waals surface area (Å²) in [5.41, 5.74) is 0. The second-order valence-corrected chi connectivity index (χ2v) is 3.77. The quantitative estimate of drug-likeness (QED) is 0.697. The van der Waals surface area contributed by atoms with Crippen LogP contribution < -0.4 is 0 Å². The summed E-state index contributed by atoms with van der Waals surface area (Å²) in [5.74, 6) is -1.03.